The molecule has 0 saturated heterocycles. The molecule has 0 bridgehead atoms. The fourth-order valence-corrected chi connectivity index (χ4v) is 0.383. The zero-order chi connectivity index (χ0) is 5.70. The molecule has 0 rings (SSSR count). The fraction of sp³-hybridized carbons (Fsp3) is 0.800. The number of halogens is 1. The van der Waals surface area contributed by atoms with E-state index in [2.05, 4.69) is 0 Å². The van der Waals surface area contributed by atoms with Gasteiger partial charge < -0.3 is 0 Å². The zero-order valence-corrected chi connectivity index (χ0v) is 4.87. The van der Waals surface area contributed by atoms with E-state index in [-0.39, 0.29) is 5.72 Å². The van der Waals surface area contributed by atoms with Gasteiger partial charge in [-0.15, -0.1) is 0 Å². The molecule has 0 aromatic carbocycles. The SMILES string of the molecule is CB=C(F)CCC. The summed E-state index contributed by atoms with van der Waals surface area (Å²) in [5, 5.41) is 0. The number of rotatable bonds is 2. The van der Waals surface area contributed by atoms with Crippen molar-refractivity contribution >= 4 is 12.6 Å². The van der Waals surface area contributed by atoms with Gasteiger partial charge in [-0.3, -0.25) is 0 Å². The summed E-state index contributed by atoms with van der Waals surface area (Å²) in [6, 6.07) is 0. The summed E-state index contributed by atoms with van der Waals surface area (Å²) in [4.78, 5) is 0. The maximum absolute atomic E-state index is 12.0. The summed E-state index contributed by atoms with van der Waals surface area (Å²) in [6.07, 6.45) is 1.49. The Morgan fingerprint density at radius 2 is 2.29 bits per heavy atom. The zero-order valence-electron chi connectivity index (χ0n) is 4.87. The van der Waals surface area contributed by atoms with Gasteiger partial charge in [-0.25, -0.2) is 0 Å². The molecule has 0 fully saturated rings. The van der Waals surface area contributed by atoms with Crippen LogP contribution in [0.4, 0.5) is 4.39 Å². The van der Waals surface area contributed by atoms with E-state index in [4.69, 9.17) is 0 Å². The Bertz CT molecular complexity index is 68.5. The second-order valence-electron chi connectivity index (χ2n) is 1.49. The van der Waals surface area contributed by atoms with E-state index in [0.29, 0.717) is 6.42 Å². The Kier molecular flexibility index (Phi) is 3.96. The second kappa shape index (κ2) is 4.04. The van der Waals surface area contributed by atoms with Crippen molar-refractivity contribution in [3.05, 3.63) is 0 Å². The van der Waals surface area contributed by atoms with Crippen molar-refractivity contribution in [2.45, 2.75) is 26.6 Å². The Morgan fingerprint density at radius 3 is 2.43 bits per heavy atom. The van der Waals surface area contributed by atoms with Crippen LogP contribution in [0.2, 0.25) is 6.82 Å². The van der Waals surface area contributed by atoms with Crippen LogP contribution < -0.4 is 0 Å². The molecule has 0 aromatic heterocycles. The van der Waals surface area contributed by atoms with Crippen LogP contribution in [0.3, 0.4) is 0 Å². The van der Waals surface area contributed by atoms with Crippen molar-refractivity contribution in [2.75, 3.05) is 0 Å². The Morgan fingerprint density at radius 1 is 1.71 bits per heavy atom. The topological polar surface area (TPSA) is 0 Å². The molecule has 0 radical (unpaired) electrons. The first kappa shape index (κ1) is 6.86. The van der Waals surface area contributed by atoms with Crippen LogP contribution in [0.5, 0.6) is 0 Å². The molecule has 0 spiro atoms. The van der Waals surface area contributed by atoms with E-state index in [1.807, 2.05) is 6.92 Å². The fourth-order valence-electron chi connectivity index (χ4n) is 0.383. The first-order chi connectivity index (χ1) is 3.31. The van der Waals surface area contributed by atoms with Gasteiger partial charge in [0.2, 0.25) is 0 Å². The molecule has 2 heteroatoms. The van der Waals surface area contributed by atoms with E-state index in [0.717, 1.165) is 6.42 Å². The van der Waals surface area contributed by atoms with Crippen molar-refractivity contribution in [1.82, 2.24) is 0 Å². The molecule has 0 aliphatic rings. The van der Waals surface area contributed by atoms with Gasteiger partial charge in [-0.1, -0.05) is 0 Å². The van der Waals surface area contributed by atoms with Crippen LogP contribution in [0.15, 0.2) is 0 Å². The molecule has 0 atom stereocenters. The van der Waals surface area contributed by atoms with Crippen molar-refractivity contribution in [2.24, 2.45) is 0 Å². The molecule has 0 N–H and O–H groups in total. The molecule has 7 heavy (non-hydrogen) atoms. The second-order valence-corrected chi connectivity index (χ2v) is 1.49. The third kappa shape index (κ3) is 3.70. The standard InChI is InChI=1S/C5H10BF/c1-3-4-5(7)6-2/h3-4H2,1-2H3. The summed E-state index contributed by atoms with van der Waals surface area (Å²) in [5.74, 6) is 0. The van der Waals surface area contributed by atoms with Crippen LogP contribution >= 0.6 is 0 Å². The normalized spacial score (nSPS) is 11.0. The minimum atomic E-state index is 0.00231. The van der Waals surface area contributed by atoms with Gasteiger partial charge in [0, 0.05) is 0 Å². The quantitative estimate of drug-likeness (QED) is 0.462. The van der Waals surface area contributed by atoms with Crippen LogP contribution in [0.1, 0.15) is 19.8 Å². The molecule has 0 nitrogen and oxygen atoms in total. The third-order valence-electron chi connectivity index (χ3n) is 0.802. The molecule has 0 unspecified atom stereocenters. The van der Waals surface area contributed by atoms with Crippen molar-refractivity contribution in [1.29, 1.82) is 0 Å². The molecule has 0 heterocycles. The van der Waals surface area contributed by atoms with Crippen molar-refractivity contribution < 1.29 is 4.39 Å². The first-order valence-corrected chi connectivity index (χ1v) is 2.62. The predicted octanol–water partition coefficient (Wildman–Crippen LogP) is 1.64. The Labute approximate surface area is 44.6 Å². The average Bonchev–Trinajstić information content (AvgIpc) is 1.68. The van der Waals surface area contributed by atoms with E-state index in [1.165, 1.54) is 6.92 Å². The number of hydrogen-bond donors (Lipinski definition) is 0. The van der Waals surface area contributed by atoms with Crippen molar-refractivity contribution in [3.8, 4) is 0 Å². The van der Waals surface area contributed by atoms with E-state index in [9.17, 15) is 4.39 Å². The van der Waals surface area contributed by atoms with Gasteiger partial charge >= 0.3 is 43.6 Å². The Hall–Kier alpha value is -0.135. The van der Waals surface area contributed by atoms with Crippen LogP contribution in [-0.4, -0.2) is 12.6 Å². The van der Waals surface area contributed by atoms with E-state index in [1.54, 1.807) is 6.82 Å². The Balaban J connectivity index is 3.17. The summed E-state index contributed by atoms with van der Waals surface area (Å²) in [5.41, 5.74) is 0.00231. The van der Waals surface area contributed by atoms with E-state index >= 15 is 0 Å². The maximum atomic E-state index is 12.0. The summed E-state index contributed by atoms with van der Waals surface area (Å²) >= 11 is 0. The van der Waals surface area contributed by atoms with Gasteiger partial charge in [-0.2, -0.15) is 0 Å². The van der Waals surface area contributed by atoms with Gasteiger partial charge in [-0.05, 0) is 0 Å². The summed E-state index contributed by atoms with van der Waals surface area (Å²) < 4.78 is 12.0. The predicted molar refractivity (Wildman–Crippen MR) is 32.6 cm³/mol. The average molecular weight is 99.9 g/mol. The number of hydrogen-bond acceptors (Lipinski definition) is 0. The molecule has 0 aromatic rings. The van der Waals surface area contributed by atoms with Gasteiger partial charge in [0.25, 0.3) is 0 Å². The third-order valence-corrected chi connectivity index (χ3v) is 0.802. The minimum absolute atomic E-state index is 0.00231. The van der Waals surface area contributed by atoms with Crippen LogP contribution in [-0.2, 0) is 0 Å². The summed E-state index contributed by atoms with van der Waals surface area (Å²) in [6.45, 7) is 5.18. The molecule has 0 aliphatic carbocycles. The van der Waals surface area contributed by atoms with Gasteiger partial charge in [0.05, 0.1) is 0 Å². The summed E-state index contributed by atoms with van der Waals surface area (Å²) in [7, 11) is 0. The van der Waals surface area contributed by atoms with Crippen LogP contribution in [0.25, 0.3) is 0 Å². The molecule has 0 aliphatic heterocycles. The van der Waals surface area contributed by atoms with E-state index < -0.39 is 0 Å². The monoisotopic (exact) mass is 100 g/mol. The van der Waals surface area contributed by atoms with Gasteiger partial charge in [0.1, 0.15) is 0 Å². The molecule has 40 valence electrons. The van der Waals surface area contributed by atoms with Crippen molar-refractivity contribution in [3.63, 3.8) is 0 Å². The van der Waals surface area contributed by atoms with Gasteiger partial charge in [0.15, 0.2) is 0 Å². The molecular weight excluding hydrogens is 89.9 g/mol. The van der Waals surface area contributed by atoms with Crippen LogP contribution in [0, 0.1) is 0 Å². The molecule has 0 amide bonds. The molecule has 0 saturated carbocycles. The molecular formula is C5H10BF. The first-order valence-electron chi connectivity index (χ1n) is 2.62.